The molecule has 0 saturated heterocycles. The fourth-order valence-corrected chi connectivity index (χ4v) is 2.63. The van der Waals surface area contributed by atoms with E-state index in [0.717, 1.165) is 5.56 Å². The Morgan fingerprint density at radius 1 is 1.18 bits per heavy atom. The SMILES string of the molecule is CC(NC(=O)NC(Cc1ccccc1)CP(=O)(O)O)C(=O)O. The van der Waals surface area contributed by atoms with Crippen LogP contribution in [0, 0.1) is 0 Å². The maximum atomic E-state index is 11.7. The number of hydrogen-bond donors (Lipinski definition) is 5. The van der Waals surface area contributed by atoms with Gasteiger partial charge in [0.1, 0.15) is 6.04 Å². The molecule has 0 aliphatic carbocycles. The molecule has 2 atom stereocenters. The lowest BCUT2D eigenvalue weighted by molar-refractivity contribution is -0.138. The zero-order valence-electron chi connectivity index (χ0n) is 12.0. The molecule has 0 fully saturated rings. The number of nitrogens with one attached hydrogen (secondary N) is 2. The molecule has 0 saturated carbocycles. The Balaban J connectivity index is 2.72. The summed E-state index contributed by atoms with van der Waals surface area (Å²) in [4.78, 5) is 40.6. The molecule has 1 aromatic rings. The number of carboxylic acids is 1. The molecule has 0 aliphatic heterocycles. The molecule has 9 heteroatoms. The van der Waals surface area contributed by atoms with Gasteiger partial charge in [-0.3, -0.25) is 9.36 Å². The topological polar surface area (TPSA) is 136 Å². The van der Waals surface area contributed by atoms with E-state index in [9.17, 15) is 14.2 Å². The van der Waals surface area contributed by atoms with Crippen LogP contribution in [0.3, 0.4) is 0 Å². The largest absolute Gasteiger partial charge is 0.480 e. The fraction of sp³-hybridized carbons (Fsp3) is 0.385. The highest BCUT2D eigenvalue weighted by atomic mass is 31.2. The summed E-state index contributed by atoms with van der Waals surface area (Å²) >= 11 is 0. The van der Waals surface area contributed by atoms with E-state index in [4.69, 9.17) is 14.9 Å². The van der Waals surface area contributed by atoms with Gasteiger partial charge in [0.2, 0.25) is 0 Å². The van der Waals surface area contributed by atoms with Gasteiger partial charge in [-0.25, -0.2) is 4.79 Å². The molecule has 1 aromatic carbocycles. The zero-order valence-corrected chi connectivity index (χ0v) is 12.9. The van der Waals surface area contributed by atoms with Gasteiger partial charge in [-0.1, -0.05) is 30.3 Å². The summed E-state index contributed by atoms with van der Waals surface area (Å²) in [6, 6.07) is 6.18. The van der Waals surface area contributed by atoms with E-state index in [1.54, 1.807) is 30.3 Å². The minimum atomic E-state index is -4.33. The Labute approximate surface area is 127 Å². The van der Waals surface area contributed by atoms with E-state index in [0.29, 0.717) is 0 Å². The summed E-state index contributed by atoms with van der Waals surface area (Å²) in [6.07, 6.45) is -0.308. The van der Waals surface area contributed by atoms with Crippen LogP contribution in [0.5, 0.6) is 0 Å². The summed E-state index contributed by atoms with van der Waals surface area (Å²) in [5, 5.41) is 13.3. The molecule has 0 radical (unpaired) electrons. The molecule has 122 valence electrons. The van der Waals surface area contributed by atoms with Gasteiger partial charge in [0, 0.05) is 6.04 Å². The molecule has 22 heavy (non-hydrogen) atoms. The predicted octanol–water partition coefficient (Wildman–Crippen LogP) is 0.548. The lowest BCUT2D eigenvalue weighted by Gasteiger charge is -2.20. The van der Waals surface area contributed by atoms with Crippen LogP contribution < -0.4 is 10.6 Å². The van der Waals surface area contributed by atoms with Crippen molar-refractivity contribution in [1.29, 1.82) is 0 Å². The number of carbonyl (C=O) groups is 2. The minimum Gasteiger partial charge on any atom is -0.480 e. The van der Waals surface area contributed by atoms with Crippen LogP contribution in [-0.4, -0.2) is 45.1 Å². The Hall–Kier alpha value is -1.89. The minimum absolute atomic E-state index is 0.223. The number of carboxylic acid groups (broad SMARTS) is 1. The summed E-state index contributed by atoms with van der Waals surface area (Å²) in [7, 11) is -4.33. The highest BCUT2D eigenvalue weighted by Crippen LogP contribution is 2.35. The van der Waals surface area contributed by atoms with Crippen molar-refractivity contribution in [3.8, 4) is 0 Å². The fourth-order valence-electron chi connectivity index (χ4n) is 1.83. The summed E-state index contributed by atoms with van der Waals surface area (Å²) < 4.78 is 11.2. The van der Waals surface area contributed by atoms with Crippen molar-refractivity contribution in [1.82, 2.24) is 10.6 Å². The summed E-state index contributed by atoms with van der Waals surface area (Å²) in [5.74, 6) is -1.20. The third kappa shape index (κ3) is 7.21. The molecule has 2 amide bonds. The Kier molecular flexibility index (Phi) is 6.55. The van der Waals surface area contributed by atoms with Crippen molar-refractivity contribution in [3.63, 3.8) is 0 Å². The molecular formula is C13H19N2O6P. The molecule has 0 bridgehead atoms. The Bertz CT molecular complexity index is 559. The number of hydrogen-bond acceptors (Lipinski definition) is 3. The highest BCUT2D eigenvalue weighted by molar-refractivity contribution is 7.51. The summed E-state index contributed by atoms with van der Waals surface area (Å²) in [5.41, 5.74) is 0.799. The number of amides is 2. The third-order valence-electron chi connectivity index (χ3n) is 2.84. The molecule has 0 aliphatic rings. The lowest BCUT2D eigenvalue weighted by Crippen LogP contribution is -2.49. The van der Waals surface area contributed by atoms with Crippen LogP contribution in [-0.2, 0) is 15.8 Å². The van der Waals surface area contributed by atoms with E-state index in [-0.39, 0.29) is 6.42 Å². The van der Waals surface area contributed by atoms with Gasteiger partial charge in [-0.15, -0.1) is 0 Å². The van der Waals surface area contributed by atoms with Crippen LogP contribution >= 0.6 is 7.60 Å². The zero-order chi connectivity index (χ0) is 16.8. The van der Waals surface area contributed by atoms with Gasteiger partial charge in [-0.05, 0) is 18.9 Å². The first-order chi connectivity index (χ1) is 10.2. The van der Waals surface area contributed by atoms with Crippen molar-refractivity contribution < 1.29 is 29.0 Å². The number of rotatable bonds is 7. The lowest BCUT2D eigenvalue weighted by atomic mass is 10.1. The third-order valence-corrected chi connectivity index (χ3v) is 3.75. The van der Waals surface area contributed by atoms with Gasteiger partial charge in [0.05, 0.1) is 6.16 Å². The van der Waals surface area contributed by atoms with E-state index in [1.807, 2.05) is 0 Å². The van der Waals surface area contributed by atoms with E-state index in [2.05, 4.69) is 10.6 Å². The van der Waals surface area contributed by atoms with E-state index >= 15 is 0 Å². The summed E-state index contributed by atoms with van der Waals surface area (Å²) in [6.45, 7) is 1.29. The van der Waals surface area contributed by atoms with Gasteiger partial charge >= 0.3 is 19.6 Å². The molecule has 2 unspecified atom stereocenters. The second kappa shape index (κ2) is 7.93. The average Bonchev–Trinajstić information content (AvgIpc) is 2.37. The van der Waals surface area contributed by atoms with Crippen molar-refractivity contribution >= 4 is 19.6 Å². The molecular weight excluding hydrogens is 311 g/mol. The number of aliphatic carboxylic acids is 1. The first-order valence-electron chi connectivity index (χ1n) is 6.55. The molecule has 0 heterocycles. The first kappa shape index (κ1) is 18.2. The monoisotopic (exact) mass is 330 g/mol. The highest BCUT2D eigenvalue weighted by Gasteiger charge is 2.24. The van der Waals surface area contributed by atoms with Crippen molar-refractivity contribution in [3.05, 3.63) is 35.9 Å². The van der Waals surface area contributed by atoms with Crippen molar-refractivity contribution in [2.24, 2.45) is 0 Å². The molecule has 8 nitrogen and oxygen atoms in total. The van der Waals surface area contributed by atoms with Gasteiger partial charge < -0.3 is 25.5 Å². The van der Waals surface area contributed by atoms with Crippen molar-refractivity contribution in [2.45, 2.75) is 25.4 Å². The van der Waals surface area contributed by atoms with Crippen LogP contribution in [0.4, 0.5) is 4.79 Å². The predicted molar refractivity (Wildman–Crippen MR) is 79.6 cm³/mol. The standard InChI is InChI=1S/C13H19N2O6P/c1-9(12(16)17)14-13(18)15-11(8-22(19,20)21)7-10-5-3-2-4-6-10/h2-6,9,11H,7-8H2,1H3,(H,16,17)(H2,14,15,18)(H2,19,20,21). The van der Waals surface area contributed by atoms with E-state index < -0.39 is 37.8 Å². The van der Waals surface area contributed by atoms with Gasteiger partial charge in [0.25, 0.3) is 0 Å². The van der Waals surface area contributed by atoms with Gasteiger partial charge in [-0.2, -0.15) is 0 Å². The van der Waals surface area contributed by atoms with E-state index in [1.165, 1.54) is 6.92 Å². The average molecular weight is 330 g/mol. The molecule has 1 rings (SSSR count). The van der Waals surface area contributed by atoms with Crippen LogP contribution in [0.2, 0.25) is 0 Å². The molecule has 0 aromatic heterocycles. The molecule has 0 spiro atoms. The first-order valence-corrected chi connectivity index (χ1v) is 8.35. The maximum Gasteiger partial charge on any atom is 0.327 e. The van der Waals surface area contributed by atoms with Crippen LogP contribution in [0.15, 0.2) is 30.3 Å². The Morgan fingerprint density at radius 3 is 2.27 bits per heavy atom. The second-order valence-electron chi connectivity index (χ2n) is 4.91. The van der Waals surface area contributed by atoms with Crippen LogP contribution in [0.1, 0.15) is 12.5 Å². The van der Waals surface area contributed by atoms with Crippen molar-refractivity contribution in [2.75, 3.05) is 6.16 Å². The number of urea groups is 1. The smallest absolute Gasteiger partial charge is 0.327 e. The van der Waals surface area contributed by atoms with Crippen LogP contribution in [0.25, 0.3) is 0 Å². The molecule has 5 N–H and O–H groups in total. The Morgan fingerprint density at radius 2 is 1.77 bits per heavy atom. The number of benzene rings is 1. The second-order valence-corrected chi connectivity index (χ2v) is 6.61. The maximum absolute atomic E-state index is 11.7. The van der Waals surface area contributed by atoms with Gasteiger partial charge in [0.15, 0.2) is 0 Å². The quantitative estimate of drug-likeness (QED) is 0.463. The normalized spacial score (nSPS) is 14.0. The number of carbonyl (C=O) groups excluding carboxylic acids is 1.